The van der Waals surface area contributed by atoms with Crippen molar-refractivity contribution >= 4 is 23.4 Å². The maximum atomic E-state index is 12.8. The van der Waals surface area contributed by atoms with Crippen molar-refractivity contribution in [2.45, 2.75) is 32.4 Å². The molecule has 3 heterocycles. The summed E-state index contributed by atoms with van der Waals surface area (Å²) in [5, 5.41) is 2.85. The summed E-state index contributed by atoms with van der Waals surface area (Å²) in [6.45, 7) is 3.55. The second-order valence-corrected chi connectivity index (χ2v) is 8.37. The molecule has 1 fully saturated rings. The molecule has 1 aromatic heterocycles. The Bertz CT molecular complexity index is 1230. The van der Waals surface area contributed by atoms with E-state index in [1.165, 1.54) is 11.0 Å². The maximum Gasteiger partial charge on any atom is 0.261 e. The second kappa shape index (κ2) is 8.63. The number of aryl methyl sites for hydroxylation is 1. The molecule has 8 heteroatoms. The molecule has 3 amide bonds. The van der Waals surface area contributed by atoms with Gasteiger partial charge in [0.2, 0.25) is 0 Å². The minimum atomic E-state index is -0.376. The Morgan fingerprint density at radius 2 is 1.91 bits per heavy atom. The molecule has 0 saturated carbocycles. The van der Waals surface area contributed by atoms with Gasteiger partial charge >= 0.3 is 0 Å². The number of aromatic nitrogens is 2. The number of fused-ring (bicyclic) bond motifs is 1. The summed E-state index contributed by atoms with van der Waals surface area (Å²) in [5.74, 6) is -0.111. The topological polar surface area (TPSA) is 93.5 Å². The van der Waals surface area contributed by atoms with Crippen LogP contribution < -0.4 is 5.32 Å². The number of hydrogen-bond donors (Lipinski definition) is 1. The van der Waals surface area contributed by atoms with E-state index in [1.807, 2.05) is 42.0 Å². The molecule has 1 atom stereocenters. The van der Waals surface area contributed by atoms with Gasteiger partial charge in [0.05, 0.1) is 23.8 Å². The molecule has 2 aliphatic rings. The van der Waals surface area contributed by atoms with E-state index in [1.54, 1.807) is 18.3 Å². The lowest BCUT2D eigenvalue weighted by Crippen LogP contribution is -2.36. The number of nitrogens with one attached hydrogen (secondary N) is 1. The molecular weight excluding hydrogens is 420 g/mol. The number of carbonyl (C=O) groups is 3. The van der Waals surface area contributed by atoms with Crippen LogP contribution in [-0.4, -0.2) is 51.4 Å². The van der Waals surface area contributed by atoms with Crippen LogP contribution in [-0.2, 0) is 11.3 Å². The Morgan fingerprint density at radius 1 is 1.12 bits per heavy atom. The molecular formula is C25H24N4O4. The van der Waals surface area contributed by atoms with Gasteiger partial charge in [-0.2, -0.15) is 0 Å². The predicted molar refractivity (Wildman–Crippen MR) is 121 cm³/mol. The molecule has 2 aromatic carbocycles. The molecule has 5 rings (SSSR count). The van der Waals surface area contributed by atoms with Crippen molar-refractivity contribution in [1.29, 1.82) is 0 Å². The molecule has 8 nitrogen and oxygen atoms in total. The molecule has 168 valence electrons. The fourth-order valence-electron chi connectivity index (χ4n) is 4.25. The third kappa shape index (κ3) is 4.17. The molecule has 0 spiro atoms. The molecule has 1 unspecified atom stereocenters. The Hall–Kier alpha value is -3.78. The van der Waals surface area contributed by atoms with E-state index in [4.69, 9.17) is 4.74 Å². The number of nitrogens with zero attached hydrogens (tertiary/aromatic N) is 3. The van der Waals surface area contributed by atoms with Gasteiger partial charge in [0.15, 0.2) is 0 Å². The largest absolute Gasteiger partial charge is 0.376 e. The van der Waals surface area contributed by atoms with Crippen LogP contribution in [0.1, 0.15) is 55.3 Å². The zero-order valence-corrected chi connectivity index (χ0v) is 18.3. The first-order valence-electron chi connectivity index (χ1n) is 11.0. The predicted octanol–water partition coefficient (Wildman–Crippen LogP) is 3.27. The quantitative estimate of drug-likeness (QED) is 0.589. The normalized spacial score (nSPS) is 17.5. The molecule has 0 aliphatic carbocycles. The van der Waals surface area contributed by atoms with Crippen LogP contribution in [0.3, 0.4) is 0 Å². The highest BCUT2D eigenvalue weighted by molar-refractivity contribution is 6.22. The summed E-state index contributed by atoms with van der Waals surface area (Å²) in [7, 11) is 0. The summed E-state index contributed by atoms with van der Waals surface area (Å²) in [4.78, 5) is 43.7. The Balaban J connectivity index is 1.27. The van der Waals surface area contributed by atoms with Gasteiger partial charge in [-0.25, -0.2) is 4.98 Å². The van der Waals surface area contributed by atoms with Crippen molar-refractivity contribution in [2.75, 3.05) is 18.5 Å². The highest BCUT2D eigenvalue weighted by Crippen LogP contribution is 2.26. The van der Waals surface area contributed by atoms with Crippen molar-refractivity contribution in [1.82, 2.24) is 14.5 Å². The number of imidazole rings is 1. The monoisotopic (exact) mass is 444 g/mol. The Morgan fingerprint density at radius 3 is 2.61 bits per heavy atom. The number of benzene rings is 2. The van der Waals surface area contributed by atoms with E-state index in [0.29, 0.717) is 30.0 Å². The summed E-state index contributed by atoms with van der Waals surface area (Å²) in [6, 6.07) is 12.2. The van der Waals surface area contributed by atoms with Crippen LogP contribution in [0.5, 0.6) is 0 Å². The molecule has 2 aliphatic heterocycles. The number of imide groups is 1. The molecule has 0 radical (unpaired) electrons. The number of amides is 3. The highest BCUT2D eigenvalue weighted by atomic mass is 16.5. The summed E-state index contributed by atoms with van der Waals surface area (Å²) >= 11 is 0. The average Bonchev–Trinajstić information content (AvgIpc) is 3.53. The van der Waals surface area contributed by atoms with Crippen LogP contribution in [0.15, 0.2) is 54.9 Å². The van der Waals surface area contributed by atoms with Crippen molar-refractivity contribution in [3.05, 3.63) is 82.9 Å². The first-order valence-corrected chi connectivity index (χ1v) is 11.0. The third-order valence-corrected chi connectivity index (χ3v) is 6.13. The lowest BCUT2D eigenvalue weighted by atomic mass is 10.1. The van der Waals surface area contributed by atoms with Crippen LogP contribution in [0.4, 0.5) is 5.69 Å². The van der Waals surface area contributed by atoms with Crippen LogP contribution in [0.25, 0.3) is 0 Å². The van der Waals surface area contributed by atoms with Crippen molar-refractivity contribution in [3.8, 4) is 0 Å². The Labute approximate surface area is 191 Å². The zero-order valence-electron chi connectivity index (χ0n) is 18.3. The molecule has 1 saturated heterocycles. The zero-order chi connectivity index (χ0) is 22.9. The van der Waals surface area contributed by atoms with Crippen LogP contribution in [0, 0.1) is 6.92 Å². The average molecular weight is 444 g/mol. The van der Waals surface area contributed by atoms with Crippen LogP contribution in [0.2, 0.25) is 0 Å². The highest BCUT2D eigenvalue weighted by Gasteiger charge is 2.37. The van der Waals surface area contributed by atoms with Gasteiger partial charge in [-0.1, -0.05) is 12.1 Å². The SMILES string of the molecule is Cc1nccn1Cc1ccc(NC(=O)c2ccc3c(c2)C(=O)N(CC2CCCO2)C3=O)cc1. The van der Waals surface area contributed by atoms with Gasteiger partial charge in [-0.3, -0.25) is 19.3 Å². The van der Waals surface area contributed by atoms with E-state index >= 15 is 0 Å². The second-order valence-electron chi connectivity index (χ2n) is 8.37. The van der Waals surface area contributed by atoms with E-state index in [-0.39, 0.29) is 35.9 Å². The summed E-state index contributed by atoms with van der Waals surface area (Å²) in [6.07, 6.45) is 5.34. The maximum absolute atomic E-state index is 12.8. The minimum Gasteiger partial charge on any atom is -0.376 e. The summed E-state index contributed by atoms with van der Waals surface area (Å²) in [5.41, 5.74) is 2.65. The molecule has 1 N–H and O–H groups in total. The standard InChI is InChI=1S/C25H24N4O4/c1-16-26-10-11-28(16)14-17-4-7-19(8-5-17)27-23(30)18-6-9-21-22(13-18)25(32)29(24(21)31)15-20-3-2-12-33-20/h4-11,13,20H,2-3,12,14-15H2,1H3,(H,27,30). The van der Waals surface area contributed by atoms with E-state index < -0.39 is 0 Å². The molecule has 33 heavy (non-hydrogen) atoms. The van der Waals surface area contributed by atoms with E-state index in [9.17, 15) is 14.4 Å². The van der Waals surface area contributed by atoms with E-state index in [0.717, 1.165) is 24.2 Å². The number of hydrogen-bond acceptors (Lipinski definition) is 5. The van der Waals surface area contributed by atoms with Crippen molar-refractivity contribution in [3.63, 3.8) is 0 Å². The molecule has 3 aromatic rings. The number of rotatable bonds is 6. The van der Waals surface area contributed by atoms with Gasteiger partial charge in [0, 0.05) is 36.8 Å². The van der Waals surface area contributed by atoms with Gasteiger partial charge in [-0.05, 0) is 55.7 Å². The van der Waals surface area contributed by atoms with Gasteiger partial charge in [-0.15, -0.1) is 0 Å². The fraction of sp³-hybridized carbons (Fsp3) is 0.280. The molecule has 0 bridgehead atoms. The fourth-order valence-corrected chi connectivity index (χ4v) is 4.25. The first-order chi connectivity index (χ1) is 16.0. The van der Waals surface area contributed by atoms with Crippen molar-refractivity contribution < 1.29 is 19.1 Å². The third-order valence-electron chi connectivity index (χ3n) is 6.13. The first kappa shape index (κ1) is 21.1. The lowest BCUT2D eigenvalue weighted by Gasteiger charge is -2.17. The minimum absolute atomic E-state index is 0.115. The van der Waals surface area contributed by atoms with Gasteiger partial charge in [0.1, 0.15) is 5.82 Å². The number of anilines is 1. The van der Waals surface area contributed by atoms with Gasteiger partial charge in [0.25, 0.3) is 17.7 Å². The van der Waals surface area contributed by atoms with Crippen LogP contribution >= 0.6 is 0 Å². The van der Waals surface area contributed by atoms with Gasteiger partial charge < -0.3 is 14.6 Å². The number of carbonyl (C=O) groups excluding carboxylic acids is 3. The lowest BCUT2D eigenvalue weighted by molar-refractivity contribution is 0.0475. The summed E-state index contributed by atoms with van der Waals surface area (Å²) < 4.78 is 7.61. The Kier molecular flexibility index (Phi) is 5.51. The van der Waals surface area contributed by atoms with E-state index in [2.05, 4.69) is 10.3 Å². The smallest absolute Gasteiger partial charge is 0.261 e. The number of ether oxygens (including phenoxy) is 1. The van der Waals surface area contributed by atoms with Crippen molar-refractivity contribution in [2.24, 2.45) is 0 Å².